The summed E-state index contributed by atoms with van der Waals surface area (Å²) in [5, 5.41) is 6.09. The molecule has 0 fully saturated rings. The van der Waals surface area contributed by atoms with E-state index in [2.05, 4.69) is 10.1 Å². The molecule has 0 radical (unpaired) electrons. The molecule has 1 aromatic carbocycles. The number of carbonyl (C=O) groups excluding carboxylic acids is 3. The van der Waals surface area contributed by atoms with Crippen LogP contribution in [-0.2, 0) is 24.0 Å². The minimum absolute atomic E-state index is 0.169. The maximum Gasteiger partial charge on any atom is 0.306 e. The number of unbranched alkanes of at least 4 members (excludes halogenated alkanes) is 1. The molecule has 0 amide bonds. The number of alkyl halides is 1. The smallest absolute Gasteiger partial charge is 0.306 e. The number of hydrogen-bond acceptors (Lipinski definition) is 7. The third kappa shape index (κ3) is 5.48. The molecule has 0 saturated heterocycles. The average molecular weight is 471 g/mol. The summed E-state index contributed by atoms with van der Waals surface area (Å²) < 4.78 is 18.3. The number of nitrogens with zero attached hydrogens (tertiary/aromatic N) is 2. The first kappa shape index (κ1) is 25.5. The summed E-state index contributed by atoms with van der Waals surface area (Å²) in [5.74, 6) is -3.19. The molecule has 1 aliphatic rings. The van der Waals surface area contributed by atoms with Gasteiger partial charge in [-0.3, -0.25) is 19.4 Å². The van der Waals surface area contributed by atoms with Crippen molar-refractivity contribution < 1.29 is 28.3 Å². The molecule has 8 heteroatoms. The molecule has 0 spiro atoms. The molecule has 0 saturated carbocycles. The molecule has 7 nitrogen and oxygen atoms in total. The number of Topliss-reactive ketones (excluding diaryl/α,β-unsaturated/α-hetero) is 2. The summed E-state index contributed by atoms with van der Waals surface area (Å²) in [6.45, 7) is 4.60. The molecule has 2 atom stereocenters. The molecule has 182 valence electrons. The molecule has 1 aromatic heterocycles. The lowest BCUT2D eigenvalue weighted by Crippen LogP contribution is -2.45. The molecule has 0 N–H and O–H groups in total. The van der Waals surface area contributed by atoms with E-state index in [0.29, 0.717) is 17.8 Å². The largest absolute Gasteiger partial charge is 0.466 e. The van der Waals surface area contributed by atoms with Crippen molar-refractivity contribution in [2.45, 2.75) is 58.5 Å². The molecule has 2 aromatic rings. The summed E-state index contributed by atoms with van der Waals surface area (Å²) in [6, 6.07) is 9.61. The number of ether oxygens (including phenoxy) is 1. The van der Waals surface area contributed by atoms with Gasteiger partial charge in [-0.1, -0.05) is 56.6 Å². The average Bonchev–Trinajstić information content (AvgIpc) is 3.30. The van der Waals surface area contributed by atoms with E-state index in [9.17, 15) is 18.8 Å². The first-order chi connectivity index (χ1) is 16.3. The number of rotatable bonds is 12. The minimum atomic E-state index is -1.32. The Morgan fingerprint density at radius 1 is 1.18 bits per heavy atom. The van der Waals surface area contributed by atoms with Gasteiger partial charge in [-0.05, 0) is 17.9 Å². The summed E-state index contributed by atoms with van der Waals surface area (Å²) in [5.41, 5.74) is -0.162. The van der Waals surface area contributed by atoms with E-state index in [4.69, 9.17) is 9.57 Å². The molecular formula is C26H31FN2O5. The van der Waals surface area contributed by atoms with Crippen LogP contribution in [0, 0.1) is 11.8 Å². The molecule has 0 bridgehead atoms. The van der Waals surface area contributed by atoms with Crippen LogP contribution in [0.15, 0.2) is 41.7 Å². The Morgan fingerprint density at radius 2 is 1.94 bits per heavy atom. The van der Waals surface area contributed by atoms with Crippen molar-refractivity contribution in [3.8, 4) is 0 Å². The van der Waals surface area contributed by atoms with Crippen molar-refractivity contribution in [1.82, 2.24) is 4.98 Å². The van der Waals surface area contributed by atoms with Crippen molar-refractivity contribution in [2.24, 2.45) is 17.0 Å². The second-order valence-corrected chi connectivity index (χ2v) is 8.93. The van der Waals surface area contributed by atoms with Gasteiger partial charge in [0.15, 0.2) is 11.6 Å². The summed E-state index contributed by atoms with van der Waals surface area (Å²) in [4.78, 5) is 48.1. The van der Waals surface area contributed by atoms with Gasteiger partial charge in [0.05, 0.1) is 18.7 Å². The van der Waals surface area contributed by atoms with Gasteiger partial charge in [-0.2, -0.15) is 0 Å². The third-order valence-corrected chi connectivity index (χ3v) is 6.29. The molecule has 34 heavy (non-hydrogen) atoms. The van der Waals surface area contributed by atoms with Crippen LogP contribution in [0.2, 0.25) is 0 Å². The van der Waals surface area contributed by atoms with E-state index in [1.54, 1.807) is 6.20 Å². The van der Waals surface area contributed by atoms with Crippen LogP contribution in [0.3, 0.4) is 0 Å². The Bertz CT molecular complexity index is 1080. The zero-order valence-corrected chi connectivity index (χ0v) is 19.9. The van der Waals surface area contributed by atoms with Gasteiger partial charge in [0.25, 0.3) is 0 Å². The molecule has 0 aliphatic carbocycles. The molecular weight excluding hydrogens is 439 g/mol. The van der Waals surface area contributed by atoms with Gasteiger partial charge in [0.2, 0.25) is 5.60 Å². The standard InChI is InChI=1S/C26H31FN2O5/c1-4-5-12-33-24(32)14-19(22(30)16-27)13-23(31)26(17(2)3)15-21(29-34-26)25-20-9-7-6-8-18(20)10-11-28-25/h6-11,17,19H,4-5,12-16H2,1-3H3/t19-,26+/m0/s1. The number of aromatic nitrogens is 1. The number of halogens is 1. The lowest BCUT2D eigenvalue weighted by molar-refractivity contribution is -0.152. The molecule has 3 rings (SSSR count). The quantitative estimate of drug-likeness (QED) is 0.332. The van der Waals surface area contributed by atoms with Gasteiger partial charge in [-0.25, -0.2) is 4.39 Å². The number of ketones is 2. The number of carbonyl (C=O) groups is 3. The highest BCUT2D eigenvalue weighted by Gasteiger charge is 2.50. The molecule has 1 aliphatic heterocycles. The fourth-order valence-corrected chi connectivity index (χ4v) is 4.10. The number of esters is 1. The normalized spacial score (nSPS) is 18.4. The van der Waals surface area contributed by atoms with Crippen LogP contribution in [-0.4, -0.2) is 47.1 Å². The second-order valence-electron chi connectivity index (χ2n) is 8.93. The maximum absolute atomic E-state index is 13.5. The maximum atomic E-state index is 13.5. The predicted molar refractivity (Wildman–Crippen MR) is 126 cm³/mol. The highest BCUT2D eigenvalue weighted by molar-refractivity contribution is 6.12. The van der Waals surface area contributed by atoms with Gasteiger partial charge in [0.1, 0.15) is 12.4 Å². The van der Waals surface area contributed by atoms with Gasteiger partial charge < -0.3 is 9.57 Å². The van der Waals surface area contributed by atoms with Crippen molar-refractivity contribution in [2.75, 3.05) is 13.3 Å². The Balaban J connectivity index is 1.79. The van der Waals surface area contributed by atoms with Crippen molar-refractivity contribution >= 4 is 34.0 Å². The topological polar surface area (TPSA) is 94.9 Å². The van der Waals surface area contributed by atoms with Crippen LogP contribution >= 0.6 is 0 Å². The zero-order chi connectivity index (χ0) is 24.7. The number of oxime groups is 1. The van der Waals surface area contributed by atoms with Crippen molar-refractivity contribution in [3.05, 3.63) is 42.2 Å². The monoisotopic (exact) mass is 470 g/mol. The number of pyridine rings is 1. The first-order valence-electron chi connectivity index (χ1n) is 11.7. The third-order valence-electron chi connectivity index (χ3n) is 6.29. The lowest BCUT2D eigenvalue weighted by atomic mass is 9.77. The molecule has 0 unspecified atom stereocenters. The van der Waals surface area contributed by atoms with E-state index >= 15 is 0 Å². The van der Waals surface area contributed by atoms with Crippen LogP contribution in [0.5, 0.6) is 0 Å². The Kier molecular flexibility index (Phi) is 8.47. The molecule has 2 heterocycles. The van der Waals surface area contributed by atoms with Gasteiger partial charge in [-0.15, -0.1) is 0 Å². The van der Waals surface area contributed by atoms with E-state index in [-0.39, 0.29) is 31.8 Å². The zero-order valence-electron chi connectivity index (χ0n) is 19.9. The Labute approximate surface area is 198 Å². The van der Waals surface area contributed by atoms with Crippen LogP contribution in [0.1, 0.15) is 58.6 Å². The summed E-state index contributed by atoms with van der Waals surface area (Å²) in [6.07, 6.45) is 2.72. The summed E-state index contributed by atoms with van der Waals surface area (Å²) in [7, 11) is 0. The predicted octanol–water partition coefficient (Wildman–Crippen LogP) is 4.60. The fourth-order valence-electron chi connectivity index (χ4n) is 4.10. The van der Waals surface area contributed by atoms with Gasteiger partial charge >= 0.3 is 5.97 Å². The fraction of sp³-hybridized carbons (Fsp3) is 0.500. The minimum Gasteiger partial charge on any atom is -0.466 e. The van der Waals surface area contributed by atoms with Crippen LogP contribution in [0.25, 0.3) is 10.8 Å². The highest BCUT2D eigenvalue weighted by atomic mass is 19.1. The van der Waals surface area contributed by atoms with Gasteiger partial charge in [0, 0.05) is 36.3 Å². The van der Waals surface area contributed by atoms with Crippen molar-refractivity contribution in [3.63, 3.8) is 0 Å². The van der Waals surface area contributed by atoms with E-state index in [1.807, 2.05) is 51.1 Å². The SMILES string of the molecule is CCCCOC(=O)C[C@H](CC(=O)[C@]1(C(C)C)CC(c2nccc3ccccc23)=NO1)C(=O)CF. The first-order valence-corrected chi connectivity index (χ1v) is 11.7. The second kappa shape index (κ2) is 11.3. The van der Waals surface area contributed by atoms with E-state index in [0.717, 1.165) is 17.2 Å². The number of fused-ring (bicyclic) bond motifs is 1. The van der Waals surface area contributed by atoms with E-state index in [1.165, 1.54) is 0 Å². The van der Waals surface area contributed by atoms with Crippen LogP contribution in [0.4, 0.5) is 4.39 Å². The van der Waals surface area contributed by atoms with E-state index < -0.39 is 35.7 Å². The van der Waals surface area contributed by atoms with Crippen molar-refractivity contribution in [1.29, 1.82) is 0 Å². The van der Waals surface area contributed by atoms with Crippen LogP contribution < -0.4 is 0 Å². The Hall–Kier alpha value is -3.16. The number of hydrogen-bond donors (Lipinski definition) is 0. The highest BCUT2D eigenvalue weighted by Crippen LogP contribution is 2.37. The summed E-state index contributed by atoms with van der Waals surface area (Å²) >= 11 is 0. The Morgan fingerprint density at radius 3 is 2.65 bits per heavy atom. The number of benzene rings is 1. The lowest BCUT2D eigenvalue weighted by Gasteiger charge is -2.30.